The summed E-state index contributed by atoms with van der Waals surface area (Å²) in [7, 11) is 0. The summed E-state index contributed by atoms with van der Waals surface area (Å²) in [5.74, 6) is -0.761. The van der Waals surface area contributed by atoms with Gasteiger partial charge in [-0.25, -0.2) is 0 Å². The number of rotatable bonds is 4. The van der Waals surface area contributed by atoms with Crippen molar-refractivity contribution in [3.63, 3.8) is 0 Å². The van der Waals surface area contributed by atoms with Crippen LogP contribution < -0.4 is 0 Å². The highest BCUT2D eigenvalue weighted by Gasteiger charge is 2.15. The van der Waals surface area contributed by atoms with Gasteiger partial charge in [-0.1, -0.05) is 0 Å². The van der Waals surface area contributed by atoms with Crippen LogP contribution in [0.2, 0.25) is 0 Å². The molecule has 1 fully saturated rings. The molecule has 11 heavy (non-hydrogen) atoms. The molecule has 1 N–H and O–H groups in total. The van der Waals surface area contributed by atoms with Crippen molar-refractivity contribution >= 4 is 5.97 Å². The molecule has 0 saturated carbocycles. The van der Waals surface area contributed by atoms with Crippen molar-refractivity contribution in [1.29, 1.82) is 0 Å². The smallest absolute Gasteiger partial charge is 0.303 e. The van der Waals surface area contributed by atoms with Gasteiger partial charge in [0.05, 0.1) is 13.2 Å². The highest BCUT2D eigenvalue weighted by molar-refractivity contribution is 5.66. The lowest BCUT2D eigenvalue weighted by molar-refractivity contribution is -0.137. The van der Waals surface area contributed by atoms with Gasteiger partial charge in [0.2, 0.25) is 0 Å². The third-order valence-corrected chi connectivity index (χ3v) is 1.52. The third kappa shape index (κ3) is 3.34. The molecule has 0 aromatic carbocycles. The van der Waals surface area contributed by atoms with Crippen molar-refractivity contribution in [3.05, 3.63) is 0 Å². The zero-order valence-electron chi connectivity index (χ0n) is 6.28. The van der Waals surface area contributed by atoms with Crippen LogP contribution >= 0.6 is 0 Å². The van der Waals surface area contributed by atoms with E-state index in [2.05, 4.69) is 0 Å². The molecule has 0 spiro atoms. The average Bonchev–Trinajstić information content (AvgIpc) is 2.39. The first-order chi connectivity index (χ1) is 5.29. The summed E-state index contributed by atoms with van der Waals surface area (Å²) in [5.41, 5.74) is 0. The van der Waals surface area contributed by atoms with E-state index in [0.29, 0.717) is 26.1 Å². The number of aliphatic carboxylic acids is 1. The van der Waals surface area contributed by atoms with E-state index in [9.17, 15) is 4.79 Å². The maximum atomic E-state index is 10.1. The lowest BCUT2D eigenvalue weighted by Crippen LogP contribution is -2.08. The Bertz CT molecular complexity index is 128. The van der Waals surface area contributed by atoms with Gasteiger partial charge in [-0.15, -0.1) is 0 Å². The van der Waals surface area contributed by atoms with Crippen LogP contribution in [-0.2, 0) is 14.3 Å². The van der Waals surface area contributed by atoms with Crippen molar-refractivity contribution in [2.24, 2.45) is 0 Å². The van der Waals surface area contributed by atoms with Gasteiger partial charge in [0.1, 0.15) is 0 Å². The summed E-state index contributed by atoms with van der Waals surface area (Å²) < 4.78 is 10.2. The molecule has 1 aliphatic heterocycles. The largest absolute Gasteiger partial charge is 0.481 e. The predicted octanol–water partition coefficient (Wildman–Crippen LogP) is 0.614. The van der Waals surface area contributed by atoms with Gasteiger partial charge in [-0.05, 0) is 12.8 Å². The Hall–Kier alpha value is -0.610. The maximum absolute atomic E-state index is 10.1. The summed E-state index contributed by atoms with van der Waals surface area (Å²) in [6, 6.07) is 0. The quantitative estimate of drug-likeness (QED) is 0.654. The molecule has 0 unspecified atom stereocenters. The highest BCUT2D eigenvalue weighted by Crippen LogP contribution is 2.10. The van der Waals surface area contributed by atoms with Gasteiger partial charge < -0.3 is 14.6 Å². The average molecular weight is 160 g/mol. The Morgan fingerprint density at radius 3 is 2.64 bits per heavy atom. The van der Waals surface area contributed by atoms with Crippen LogP contribution in [0.4, 0.5) is 0 Å². The first-order valence-corrected chi connectivity index (χ1v) is 3.74. The number of carbonyl (C=O) groups is 1. The standard InChI is InChI=1S/C7H12O4/c8-6(9)2-1-3-7-10-4-5-11-7/h7H,1-5H2,(H,8,9). The molecule has 0 aromatic heterocycles. The molecular weight excluding hydrogens is 148 g/mol. The van der Waals surface area contributed by atoms with Gasteiger partial charge in [-0.2, -0.15) is 0 Å². The fourth-order valence-corrected chi connectivity index (χ4v) is 0.994. The van der Waals surface area contributed by atoms with Crippen LogP contribution in [0.3, 0.4) is 0 Å². The Kier molecular flexibility index (Phi) is 3.32. The van der Waals surface area contributed by atoms with Gasteiger partial charge in [-0.3, -0.25) is 4.79 Å². The normalized spacial score (nSPS) is 18.9. The van der Waals surface area contributed by atoms with E-state index < -0.39 is 5.97 Å². The minimum Gasteiger partial charge on any atom is -0.481 e. The Morgan fingerprint density at radius 1 is 1.45 bits per heavy atom. The van der Waals surface area contributed by atoms with Crippen molar-refractivity contribution in [2.45, 2.75) is 25.6 Å². The molecule has 64 valence electrons. The topological polar surface area (TPSA) is 55.8 Å². The van der Waals surface area contributed by atoms with Crippen molar-refractivity contribution in [3.8, 4) is 0 Å². The van der Waals surface area contributed by atoms with Gasteiger partial charge >= 0.3 is 5.97 Å². The molecule has 0 amide bonds. The van der Waals surface area contributed by atoms with E-state index in [1.54, 1.807) is 0 Å². The van der Waals surface area contributed by atoms with Crippen LogP contribution in [0.1, 0.15) is 19.3 Å². The molecule has 1 heterocycles. The van der Waals surface area contributed by atoms with Crippen molar-refractivity contribution < 1.29 is 19.4 Å². The first kappa shape index (κ1) is 8.49. The predicted molar refractivity (Wildman–Crippen MR) is 37.2 cm³/mol. The van der Waals surface area contributed by atoms with Crippen molar-refractivity contribution in [1.82, 2.24) is 0 Å². The minimum absolute atomic E-state index is 0.158. The number of ether oxygens (including phenoxy) is 2. The van der Waals surface area contributed by atoms with Crippen LogP contribution in [0.15, 0.2) is 0 Å². The molecule has 0 bridgehead atoms. The van der Waals surface area contributed by atoms with Gasteiger partial charge in [0.25, 0.3) is 0 Å². The molecule has 1 rings (SSSR count). The SMILES string of the molecule is O=C(O)CCCC1OCCO1. The summed E-state index contributed by atoms with van der Waals surface area (Å²) in [5, 5.41) is 8.31. The van der Waals surface area contributed by atoms with E-state index in [0.717, 1.165) is 0 Å². The lowest BCUT2D eigenvalue weighted by atomic mass is 10.2. The minimum atomic E-state index is -0.761. The first-order valence-electron chi connectivity index (χ1n) is 3.74. The highest BCUT2D eigenvalue weighted by atomic mass is 16.7. The van der Waals surface area contributed by atoms with Gasteiger partial charge in [0.15, 0.2) is 6.29 Å². The second kappa shape index (κ2) is 4.31. The van der Waals surface area contributed by atoms with E-state index in [1.807, 2.05) is 0 Å². The van der Waals surface area contributed by atoms with Crippen LogP contribution in [0, 0.1) is 0 Å². The Balaban J connectivity index is 1.98. The molecule has 4 nitrogen and oxygen atoms in total. The molecule has 1 saturated heterocycles. The number of carboxylic acids is 1. The maximum Gasteiger partial charge on any atom is 0.303 e. The van der Waals surface area contributed by atoms with Crippen molar-refractivity contribution in [2.75, 3.05) is 13.2 Å². The fourth-order valence-electron chi connectivity index (χ4n) is 0.994. The molecule has 0 radical (unpaired) electrons. The Labute approximate surface area is 65.1 Å². The fraction of sp³-hybridized carbons (Fsp3) is 0.857. The molecule has 0 aromatic rings. The molecule has 1 aliphatic rings. The zero-order chi connectivity index (χ0) is 8.10. The summed E-state index contributed by atoms with van der Waals surface area (Å²) >= 11 is 0. The van der Waals surface area contributed by atoms with E-state index in [1.165, 1.54) is 0 Å². The molecule has 4 heteroatoms. The third-order valence-electron chi connectivity index (χ3n) is 1.52. The number of hydrogen-bond donors (Lipinski definition) is 1. The second-order valence-corrected chi connectivity index (χ2v) is 2.46. The van der Waals surface area contributed by atoms with Crippen LogP contribution in [0.5, 0.6) is 0 Å². The summed E-state index contributed by atoms with van der Waals surface area (Å²) in [6.07, 6.45) is 1.35. The Morgan fingerprint density at radius 2 is 2.09 bits per heavy atom. The van der Waals surface area contributed by atoms with E-state index in [4.69, 9.17) is 14.6 Å². The summed E-state index contributed by atoms with van der Waals surface area (Å²) in [6.45, 7) is 1.27. The van der Waals surface area contributed by atoms with E-state index in [-0.39, 0.29) is 12.7 Å². The summed E-state index contributed by atoms with van der Waals surface area (Å²) in [4.78, 5) is 10.1. The second-order valence-electron chi connectivity index (χ2n) is 2.46. The molecule has 0 atom stereocenters. The monoisotopic (exact) mass is 160 g/mol. The molecular formula is C7H12O4. The van der Waals surface area contributed by atoms with E-state index >= 15 is 0 Å². The van der Waals surface area contributed by atoms with Crippen LogP contribution in [0.25, 0.3) is 0 Å². The molecule has 0 aliphatic carbocycles. The van der Waals surface area contributed by atoms with Gasteiger partial charge in [0, 0.05) is 6.42 Å². The lowest BCUT2D eigenvalue weighted by Gasteiger charge is -2.06. The zero-order valence-corrected chi connectivity index (χ0v) is 6.28. The van der Waals surface area contributed by atoms with Crippen LogP contribution in [-0.4, -0.2) is 30.6 Å². The number of hydrogen-bond acceptors (Lipinski definition) is 3. The number of carboxylic acid groups (broad SMARTS) is 1.